The Morgan fingerprint density at radius 2 is 1.50 bits per heavy atom. The SMILES string of the molecule is COc1ccccc1O[C@@H](C)C(=O)N[C@H](C)c1cc(C(C)C)c(OC)cc1C. The summed E-state index contributed by atoms with van der Waals surface area (Å²) in [5.41, 5.74) is 3.28. The number of hydrogen-bond acceptors (Lipinski definition) is 4. The lowest BCUT2D eigenvalue weighted by atomic mass is 9.93. The normalized spacial score (nSPS) is 13.0. The average molecular weight is 386 g/mol. The molecule has 2 rings (SSSR count). The lowest BCUT2D eigenvalue weighted by Crippen LogP contribution is -2.38. The molecule has 0 unspecified atom stereocenters. The minimum atomic E-state index is -0.651. The Balaban J connectivity index is 2.14. The van der Waals surface area contributed by atoms with Gasteiger partial charge in [0, 0.05) is 0 Å². The topological polar surface area (TPSA) is 56.8 Å². The van der Waals surface area contributed by atoms with Crippen molar-refractivity contribution in [2.45, 2.75) is 52.7 Å². The summed E-state index contributed by atoms with van der Waals surface area (Å²) in [5, 5.41) is 3.05. The molecule has 0 spiro atoms. The van der Waals surface area contributed by atoms with Crippen LogP contribution in [0.2, 0.25) is 0 Å². The van der Waals surface area contributed by atoms with Crippen molar-refractivity contribution in [3.63, 3.8) is 0 Å². The molecule has 2 atom stereocenters. The highest BCUT2D eigenvalue weighted by Gasteiger charge is 2.21. The van der Waals surface area contributed by atoms with Crippen LogP contribution in [0.5, 0.6) is 17.2 Å². The highest BCUT2D eigenvalue weighted by atomic mass is 16.5. The maximum absolute atomic E-state index is 12.7. The molecule has 0 bridgehead atoms. The van der Waals surface area contributed by atoms with E-state index in [2.05, 4.69) is 25.2 Å². The van der Waals surface area contributed by atoms with Crippen LogP contribution in [0.25, 0.3) is 0 Å². The quantitative estimate of drug-likeness (QED) is 0.710. The van der Waals surface area contributed by atoms with Crippen molar-refractivity contribution in [3.05, 3.63) is 53.1 Å². The first-order chi connectivity index (χ1) is 13.3. The molecular weight excluding hydrogens is 354 g/mol. The molecule has 0 saturated heterocycles. The predicted octanol–water partition coefficient (Wildman–Crippen LogP) is 4.78. The molecule has 0 saturated carbocycles. The Morgan fingerprint density at radius 1 is 0.893 bits per heavy atom. The summed E-state index contributed by atoms with van der Waals surface area (Å²) in [6, 6.07) is 11.3. The van der Waals surface area contributed by atoms with E-state index >= 15 is 0 Å². The van der Waals surface area contributed by atoms with Crippen molar-refractivity contribution in [1.29, 1.82) is 0 Å². The predicted molar refractivity (Wildman–Crippen MR) is 111 cm³/mol. The minimum Gasteiger partial charge on any atom is -0.496 e. The number of methoxy groups -OCH3 is 2. The van der Waals surface area contributed by atoms with Gasteiger partial charge in [-0.25, -0.2) is 0 Å². The third kappa shape index (κ3) is 4.97. The van der Waals surface area contributed by atoms with E-state index in [9.17, 15) is 4.79 Å². The van der Waals surface area contributed by atoms with E-state index in [0.29, 0.717) is 17.4 Å². The second-order valence-corrected chi connectivity index (χ2v) is 7.25. The van der Waals surface area contributed by atoms with E-state index < -0.39 is 6.10 Å². The Kier molecular flexibility index (Phi) is 7.32. The van der Waals surface area contributed by atoms with Gasteiger partial charge in [-0.2, -0.15) is 0 Å². The minimum absolute atomic E-state index is 0.153. The molecule has 152 valence electrons. The molecule has 0 aliphatic heterocycles. The molecule has 2 aromatic rings. The first kappa shape index (κ1) is 21.6. The zero-order valence-electron chi connectivity index (χ0n) is 17.8. The molecule has 0 heterocycles. The van der Waals surface area contributed by atoms with Gasteiger partial charge in [-0.05, 0) is 67.6 Å². The van der Waals surface area contributed by atoms with Crippen molar-refractivity contribution in [2.75, 3.05) is 14.2 Å². The Hall–Kier alpha value is -2.69. The van der Waals surface area contributed by atoms with Gasteiger partial charge < -0.3 is 19.5 Å². The van der Waals surface area contributed by atoms with Crippen molar-refractivity contribution < 1.29 is 19.0 Å². The summed E-state index contributed by atoms with van der Waals surface area (Å²) >= 11 is 0. The second-order valence-electron chi connectivity index (χ2n) is 7.25. The Labute approximate surface area is 168 Å². The van der Waals surface area contributed by atoms with E-state index in [4.69, 9.17) is 14.2 Å². The van der Waals surface area contributed by atoms with Gasteiger partial charge in [0.1, 0.15) is 5.75 Å². The van der Waals surface area contributed by atoms with E-state index in [1.165, 1.54) is 0 Å². The molecule has 28 heavy (non-hydrogen) atoms. The molecule has 0 aliphatic rings. The number of ether oxygens (including phenoxy) is 3. The largest absolute Gasteiger partial charge is 0.496 e. The summed E-state index contributed by atoms with van der Waals surface area (Å²) in [6.45, 7) is 9.99. The fraction of sp³-hybridized carbons (Fsp3) is 0.435. The van der Waals surface area contributed by atoms with E-state index in [1.54, 1.807) is 33.3 Å². The zero-order valence-corrected chi connectivity index (χ0v) is 17.8. The fourth-order valence-electron chi connectivity index (χ4n) is 3.18. The first-order valence-corrected chi connectivity index (χ1v) is 9.56. The third-order valence-electron chi connectivity index (χ3n) is 4.81. The van der Waals surface area contributed by atoms with Crippen LogP contribution in [0.15, 0.2) is 36.4 Å². The lowest BCUT2D eigenvalue weighted by Gasteiger charge is -2.23. The van der Waals surface area contributed by atoms with Crippen molar-refractivity contribution in [1.82, 2.24) is 5.32 Å². The summed E-state index contributed by atoms with van der Waals surface area (Å²) in [4.78, 5) is 12.7. The number of nitrogens with one attached hydrogen (secondary N) is 1. The molecule has 0 fully saturated rings. The standard InChI is InChI=1S/C23H31NO4/c1-14(2)18-13-19(15(3)12-22(18)27-7)16(4)24-23(25)17(5)28-21-11-9-8-10-20(21)26-6/h8-14,16-17H,1-7H3,(H,24,25)/t16-,17+/m1/s1. The highest BCUT2D eigenvalue weighted by molar-refractivity contribution is 5.81. The molecule has 0 radical (unpaired) electrons. The third-order valence-corrected chi connectivity index (χ3v) is 4.81. The van der Waals surface area contributed by atoms with E-state index in [1.807, 2.05) is 32.0 Å². The van der Waals surface area contributed by atoms with Gasteiger partial charge in [0.05, 0.1) is 20.3 Å². The number of hydrogen-bond donors (Lipinski definition) is 1. The van der Waals surface area contributed by atoms with Gasteiger partial charge in [0.2, 0.25) is 0 Å². The molecule has 2 aromatic carbocycles. The van der Waals surface area contributed by atoms with Crippen LogP contribution in [0, 0.1) is 6.92 Å². The van der Waals surface area contributed by atoms with Crippen LogP contribution in [0.3, 0.4) is 0 Å². The maximum Gasteiger partial charge on any atom is 0.261 e. The second kappa shape index (κ2) is 9.49. The highest BCUT2D eigenvalue weighted by Crippen LogP contribution is 2.32. The van der Waals surface area contributed by atoms with Crippen LogP contribution >= 0.6 is 0 Å². The molecule has 0 aromatic heterocycles. The number of carbonyl (C=O) groups excluding carboxylic acids is 1. The smallest absolute Gasteiger partial charge is 0.261 e. The Morgan fingerprint density at radius 3 is 2.07 bits per heavy atom. The molecule has 1 N–H and O–H groups in total. The summed E-state index contributed by atoms with van der Waals surface area (Å²) in [5.74, 6) is 2.16. The monoisotopic (exact) mass is 385 g/mol. The molecular formula is C23H31NO4. The molecule has 1 amide bonds. The van der Waals surface area contributed by atoms with Gasteiger partial charge >= 0.3 is 0 Å². The fourth-order valence-corrected chi connectivity index (χ4v) is 3.18. The zero-order chi connectivity index (χ0) is 20.8. The van der Waals surface area contributed by atoms with Crippen molar-refractivity contribution in [2.24, 2.45) is 0 Å². The molecule has 0 aliphatic carbocycles. The van der Waals surface area contributed by atoms with Gasteiger partial charge in [-0.15, -0.1) is 0 Å². The number of para-hydroxylation sites is 2. The van der Waals surface area contributed by atoms with Crippen LogP contribution < -0.4 is 19.5 Å². The number of aryl methyl sites for hydroxylation is 1. The summed E-state index contributed by atoms with van der Waals surface area (Å²) in [7, 11) is 3.26. The van der Waals surface area contributed by atoms with Crippen LogP contribution in [-0.4, -0.2) is 26.2 Å². The van der Waals surface area contributed by atoms with E-state index in [0.717, 1.165) is 22.4 Å². The number of benzene rings is 2. The van der Waals surface area contributed by atoms with Gasteiger partial charge in [-0.1, -0.05) is 26.0 Å². The van der Waals surface area contributed by atoms with Crippen molar-refractivity contribution >= 4 is 5.91 Å². The molecule has 5 nitrogen and oxygen atoms in total. The summed E-state index contributed by atoms with van der Waals surface area (Å²) in [6.07, 6.45) is -0.651. The molecule has 5 heteroatoms. The van der Waals surface area contributed by atoms with Crippen LogP contribution in [0.1, 0.15) is 56.3 Å². The van der Waals surface area contributed by atoms with Gasteiger partial charge in [0.25, 0.3) is 5.91 Å². The average Bonchev–Trinajstić information content (AvgIpc) is 2.67. The number of amides is 1. The summed E-state index contributed by atoms with van der Waals surface area (Å²) < 4.78 is 16.6. The van der Waals surface area contributed by atoms with E-state index in [-0.39, 0.29) is 11.9 Å². The van der Waals surface area contributed by atoms with Gasteiger partial charge in [-0.3, -0.25) is 4.79 Å². The number of carbonyl (C=O) groups is 1. The maximum atomic E-state index is 12.7. The van der Waals surface area contributed by atoms with Gasteiger partial charge in [0.15, 0.2) is 17.6 Å². The lowest BCUT2D eigenvalue weighted by molar-refractivity contribution is -0.127. The first-order valence-electron chi connectivity index (χ1n) is 9.56. The van der Waals surface area contributed by atoms with Crippen LogP contribution in [-0.2, 0) is 4.79 Å². The van der Waals surface area contributed by atoms with Crippen molar-refractivity contribution in [3.8, 4) is 17.2 Å². The van der Waals surface area contributed by atoms with Crippen LogP contribution in [0.4, 0.5) is 0 Å². The number of rotatable bonds is 8. The Bertz CT molecular complexity index is 816.